The van der Waals surface area contributed by atoms with Crippen LogP contribution in [0.1, 0.15) is 19.8 Å². The van der Waals surface area contributed by atoms with Crippen molar-refractivity contribution in [2.45, 2.75) is 19.8 Å². The fourth-order valence-corrected chi connectivity index (χ4v) is 0.894. The number of rotatable bonds is 6. The maximum Gasteiger partial charge on any atom is 0.224 e. The van der Waals surface area contributed by atoms with Crippen LogP contribution in [0.15, 0.2) is 0 Å². The van der Waals surface area contributed by atoms with Crippen LogP contribution in [0.3, 0.4) is 0 Å². The maximum absolute atomic E-state index is 11.2. The van der Waals surface area contributed by atoms with Gasteiger partial charge in [-0.25, -0.2) is 0 Å². The molecule has 4 N–H and O–H groups in total. The summed E-state index contributed by atoms with van der Waals surface area (Å²) in [5, 5.41) is 11.2. The van der Waals surface area contributed by atoms with E-state index in [4.69, 9.17) is 10.8 Å². The lowest BCUT2D eigenvalue weighted by Crippen LogP contribution is -2.35. The zero-order valence-corrected chi connectivity index (χ0v) is 7.55. The third-order valence-corrected chi connectivity index (χ3v) is 1.78. The Bertz CT molecular complexity index is 124. The quantitative estimate of drug-likeness (QED) is 0.474. The molecule has 0 aromatic heterocycles. The minimum atomic E-state index is -0.0799. The smallest absolute Gasteiger partial charge is 0.224 e. The van der Waals surface area contributed by atoms with Crippen LogP contribution in [0, 0.1) is 5.92 Å². The summed E-state index contributed by atoms with van der Waals surface area (Å²) in [5.41, 5.74) is 5.38. The molecule has 0 bridgehead atoms. The molecule has 1 amide bonds. The van der Waals surface area contributed by atoms with Gasteiger partial charge in [0.05, 0.1) is 0 Å². The minimum absolute atomic E-state index is 0.00606. The van der Waals surface area contributed by atoms with Crippen molar-refractivity contribution in [2.24, 2.45) is 11.7 Å². The molecule has 0 aromatic carbocycles. The van der Waals surface area contributed by atoms with Gasteiger partial charge < -0.3 is 16.2 Å². The van der Waals surface area contributed by atoms with Gasteiger partial charge >= 0.3 is 0 Å². The molecule has 0 aliphatic rings. The first-order valence-electron chi connectivity index (χ1n) is 4.34. The molecule has 12 heavy (non-hydrogen) atoms. The van der Waals surface area contributed by atoms with E-state index in [-0.39, 0.29) is 18.4 Å². The van der Waals surface area contributed by atoms with Crippen LogP contribution in [-0.4, -0.2) is 30.7 Å². The predicted molar refractivity (Wildman–Crippen MR) is 47.5 cm³/mol. The van der Waals surface area contributed by atoms with Gasteiger partial charge in [0, 0.05) is 25.6 Å². The molecule has 0 spiro atoms. The van der Waals surface area contributed by atoms with Crippen LogP contribution in [-0.2, 0) is 4.79 Å². The summed E-state index contributed by atoms with van der Waals surface area (Å²) in [6.07, 6.45) is 1.37. The van der Waals surface area contributed by atoms with Crippen LogP contribution in [0.5, 0.6) is 0 Å². The lowest BCUT2D eigenvalue weighted by molar-refractivity contribution is -0.124. The second-order valence-electron chi connectivity index (χ2n) is 2.71. The molecule has 0 radical (unpaired) electrons. The van der Waals surface area contributed by atoms with E-state index in [9.17, 15) is 4.79 Å². The fourth-order valence-electron chi connectivity index (χ4n) is 0.894. The number of amides is 1. The van der Waals surface area contributed by atoms with Crippen LogP contribution in [0.25, 0.3) is 0 Å². The number of nitrogens with one attached hydrogen (secondary N) is 1. The molecule has 4 heteroatoms. The number of hydrogen-bond donors (Lipinski definition) is 3. The first-order valence-corrected chi connectivity index (χ1v) is 4.34. The predicted octanol–water partition coefficient (Wildman–Crippen LogP) is -0.530. The van der Waals surface area contributed by atoms with Gasteiger partial charge in [0.2, 0.25) is 5.91 Å². The largest absolute Gasteiger partial charge is 0.396 e. The lowest BCUT2D eigenvalue weighted by Gasteiger charge is -2.11. The first kappa shape index (κ1) is 11.4. The van der Waals surface area contributed by atoms with E-state index in [1.807, 2.05) is 6.92 Å². The minimum Gasteiger partial charge on any atom is -0.396 e. The van der Waals surface area contributed by atoms with Crippen molar-refractivity contribution >= 4 is 5.91 Å². The van der Waals surface area contributed by atoms with Gasteiger partial charge in [0.1, 0.15) is 0 Å². The Balaban J connectivity index is 3.54. The van der Waals surface area contributed by atoms with E-state index in [0.29, 0.717) is 19.5 Å². The van der Waals surface area contributed by atoms with Gasteiger partial charge in [-0.1, -0.05) is 6.92 Å². The van der Waals surface area contributed by atoms with Crippen molar-refractivity contribution in [3.05, 3.63) is 0 Å². The number of nitrogens with two attached hydrogens (primary N) is 1. The van der Waals surface area contributed by atoms with Crippen molar-refractivity contribution in [1.29, 1.82) is 0 Å². The van der Waals surface area contributed by atoms with E-state index in [2.05, 4.69) is 5.32 Å². The second-order valence-corrected chi connectivity index (χ2v) is 2.71. The van der Waals surface area contributed by atoms with Gasteiger partial charge in [-0.3, -0.25) is 4.79 Å². The third-order valence-electron chi connectivity index (χ3n) is 1.78. The van der Waals surface area contributed by atoms with Crippen LogP contribution < -0.4 is 11.1 Å². The molecule has 1 atom stereocenters. The monoisotopic (exact) mass is 174 g/mol. The number of aliphatic hydroxyl groups is 1. The molecule has 0 saturated carbocycles. The van der Waals surface area contributed by atoms with E-state index >= 15 is 0 Å². The summed E-state index contributed by atoms with van der Waals surface area (Å²) in [6, 6.07) is 0. The first-order chi connectivity index (χ1) is 5.76. The van der Waals surface area contributed by atoms with E-state index < -0.39 is 0 Å². The number of hydrogen-bond acceptors (Lipinski definition) is 3. The third kappa shape index (κ3) is 4.31. The van der Waals surface area contributed by atoms with Crippen LogP contribution in [0.4, 0.5) is 0 Å². The zero-order valence-electron chi connectivity index (χ0n) is 7.55. The van der Waals surface area contributed by atoms with Gasteiger partial charge in [-0.2, -0.15) is 0 Å². The molecule has 0 fully saturated rings. The highest BCUT2D eigenvalue weighted by atomic mass is 16.3. The molecule has 72 valence electrons. The molecule has 0 aromatic rings. The van der Waals surface area contributed by atoms with Gasteiger partial charge in [0.15, 0.2) is 0 Å². The molecule has 0 aliphatic heterocycles. The summed E-state index contributed by atoms with van der Waals surface area (Å²) in [5.74, 6) is -0.0860. The average molecular weight is 174 g/mol. The molecular weight excluding hydrogens is 156 g/mol. The SMILES string of the molecule is CCC(CN)C(=O)NCCCO. The Morgan fingerprint density at radius 2 is 2.33 bits per heavy atom. The number of carbonyl (C=O) groups is 1. The Morgan fingerprint density at radius 1 is 1.67 bits per heavy atom. The molecule has 4 nitrogen and oxygen atoms in total. The zero-order chi connectivity index (χ0) is 9.40. The molecule has 0 rings (SSSR count). The molecular formula is C8H18N2O2. The summed E-state index contributed by atoms with van der Waals surface area (Å²) >= 11 is 0. The molecule has 1 unspecified atom stereocenters. The van der Waals surface area contributed by atoms with E-state index in [1.54, 1.807) is 0 Å². The molecule has 0 heterocycles. The topological polar surface area (TPSA) is 75.4 Å². The standard InChI is InChI=1S/C8H18N2O2/c1-2-7(6-9)8(12)10-4-3-5-11/h7,11H,2-6,9H2,1H3,(H,10,12). The Labute approximate surface area is 73.1 Å². The maximum atomic E-state index is 11.2. The van der Waals surface area contributed by atoms with Crippen molar-refractivity contribution < 1.29 is 9.90 Å². The van der Waals surface area contributed by atoms with Crippen molar-refractivity contribution in [3.63, 3.8) is 0 Å². The van der Waals surface area contributed by atoms with Gasteiger partial charge in [-0.15, -0.1) is 0 Å². The Kier molecular flexibility index (Phi) is 6.70. The molecule has 0 saturated heterocycles. The normalized spacial score (nSPS) is 12.6. The number of carbonyl (C=O) groups excluding carboxylic acids is 1. The van der Waals surface area contributed by atoms with Crippen molar-refractivity contribution in [2.75, 3.05) is 19.7 Å². The molecule has 0 aliphatic carbocycles. The summed E-state index contributed by atoms with van der Waals surface area (Å²) < 4.78 is 0. The summed E-state index contributed by atoms with van der Waals surface area (Å²) in [4.78, 5) is 11.2. The summed E-state index contributed by atoms with van der Waals surface area (Å²) in [7, 11) is 0. The highest BCUT2D eigenvalue weighted by Crippen LogP contribution is 1.98. The fraction of sp³-hybridized carbons (Fsp3) is 0.875. The van der Waals surface area contributed by atoms with Crippen molar-refractivity contribution in [3.8, 4) is 0 Å². The van der Waals surface area contributed by atoms with E-state index in [1.165, 1.54) is 0 Å². The second kappa shape index (κ2) is 7.06. The van der Waals surface area contributed by atoms with Gasteiger partial charge in [0.25, 0.3) is 0 Å². The van der Waals surface area contributed by atoms with E-state index in [0.717, 1.165) is 6.42 Å². The summed E-state index contributed by atoms with van der Waals surface area (Å²) in [6.45, 7) is 2.97. The van der Waals surface area contributed by atoms with Gasteiger partial charge in [-0.05, 0) is 12.8 Å². The van der Waals surface area contributed by atoms with Crippen LogP contribution in [0.2, 0.25) is 0 Å². The van der Waals surface area contributed by atoms with Crippen molar-refractivity contribution in [1.82, 2.24) is 5.32 Å². The lowest BCUT2D eigenvalue weighted by atomic mass is 10.1. The highest BCUT2D eigenvalue weighted by Gasteiger charge is 2.12. The Hall–Kier alpha value is -0.610. The van der Waals surface area contributed by atoms with Crippen LogP contribution >= 0.6 is 0 Å². The highest BCUT2D eigenvalue weighted by molar-refractivity contribution is 5.78. The number of aliphatic hydroxyl groups excluding tert-OH is 1. The Morgan fingerprint density at radius 3 is 2.75 bits per heavy atom. The average Bonchev–Trinajstić information content (AvgIpc) is 2.07.